The number of benzene rings is 1. The Balaban J connectivity index is 3.10. The normalized spacial score (nSPS) is 13.7. The number of aliphatic hydroxyl groups excluding tert-OH is 1. The molecule has 0 saturated heterocycles. The van der Waals surface area contributed by atoms with Crippen LogP contribution in [0.15, 0.2) is 17.0 Å². The van der Waals surface area contributed by atoms with Gasteiger partial charge in [0.05, 0.1) is 4.90 Å². The summed E-state index contributed by atoms with van der Waals surface area (Å²) < 4.78 is 27.4. The van der Waals surface area contributed by atoms with E-state index in [1.807, 2.05) is 27.7 Å². The van der Waals surface area contributed by atoms with Crippen LogP contribution in [0.25, 0.3) is 0 Å². The standard InChI is InChI=1S/C14H24N2O3S/c1-9(2)14(5-6-17)16-20(18,19)12-7-10(3)11(4)13(15)8-12/h7-9,14,16-17H,5-6,15H2,1-4H3. The van der Waals surface area contributed by atoms with Crippen LogP contribution >= 0.6 is 0 Å². The molecule has 1 aromatic rings. The molecule has 0 amide bonds. The summed E-state index contributed by atoms with van der Waals surface area (Å²) in [7, 11) is -3.63. The Morgan fingerprint density at radius 1 is 1.30 bits per heavy atom. The smallest absolute Gasteiger partial charge is 0.240 e. The summed E-state index contributed by atoms with van der Waals surface area (Å²) in [6.45, 7) is 7.46. The molecule has 6 heteroatoms. The lowest BCUT2D eigenvalue weighted by atomic mass is 10.0. The van der Waals surface area contributed by atoms with Crippen LogP contribution in [0.1, 0.15) is 31.4 Å². The van der Waals surface area contributed by atoms with Crippen LogP contribution in [0.3, 0.4) is 0 Å². The van der Waals surface area contributed by atoms with Gasteiger partial charge < -0.3 is 10.8 Å². The minimum Gasteiger partial charge on any atom is -0.398 e. The third-order valence-corrected chi connectivity index (χ3v) is 5.01. The Kier molecular flexibility index (Phi) is 5.56. The molecule has 4 N–H and O–H groups in total. The summed E-state index contributed by atoms with van der Waals surface area (Å²) in [5.41, 5.74) is 8.03. The molecule has 5 nitrogen and oxygen atoms in total. The van der Waals surface area contributed by atoms with Crippen molar-refractivity contribution in [3.63, 3.8) is 0 Å². The van der Waals surface area contributed by atoms with Crippen molar-refractivity contribution in [1.29, 1.82) is 0 Å². The topological polar surface area (TPSA) is 92.4 Å². The lowest BCUT2D eigenvalue weighted by Crippen LogP contribution is -2.39. The quantitative estimate of drug-likeness (QED) is 0.695. The number of nitrogens with one attached hydrogen (secondary N) is 1. The van der Waals surface area contributed by atoms with E-state index in [1.165, 1.54) is 6.07 Å². The second-order valence-electron chi connectivity index (χ2n) is 5.44. The van der Waals surface area contributed by atoms with E-state index in [9.17, 15) is 8.42 Å². The zero-order valence-corrected chi connectivity index (χ0v) is 13.3. The van der Waals surface area contributed by atoms with E-state index in [0.717, 1.165) is 11.1 Å². The van der Waals surface area contributed by atoms with Crippen LogP contribution in [-0.4, -0.2) is 26.2 Å². The molecule has 0 aliphatic heterocycles. The van der Waals surface area contributed by atoms with Gasteiger partial charge in [0.2, 0.25) is 10.0 Å². The van der Waals surface area contributed by atoms with Crippen molar-refractivity contribution < 1.29 is 13.5 Å². The first-order valence-electron chi connectivity index (χ1n) is 6.69. The number of nitrogen functional groups attached to an aromatic ring is 1. The van der Waals surface area contributed by atoms with Crippen LogP contribution < -0.4 is 10.5 Å². The van der Waals surface area contributed by atoms with Gasteiger partial charge in [-0.1, -0.05) is 13.8 Å². The molecule has 1 aromatic carbocycles. The van der Waals surface area contributed by atoms with E-state index < -0.39 is 10.0 Å². The monoisotopic (exact) mass is 300 g/mol. The molecular weight excluding hydrogens is 276 g/mol. The average molecular weight is 300 g/mol. The Bertz CT molecular complexity index is 545. The van der Waals surface area contributed by atoms with Crippen molar-refractivity contribution in [3.05, 3.63) is 23.3 Å². The number of hydrogen-bond donors (Lipinski definition) is 3. The predicted molar refractivity (Wildman–Crippen MR) is 81.0 cm³/mol. The van der Waals surface area contributed by atoms with Crippen LogP contribution in [0, 0.1) is 19.8 Å². The van der Waals surface area contributed by atoms with Gasteiger partial charge in [0.1, 0.15) is 0 Å². The second kappa shape index (κ2) is 6.56. The van der Waals surface area contributed by atoms with Gasteiger partial charge in [-0.05, 0) is 49.4 Å². The molecule has 0 saturated carbocycles. The molecule has 1 rings (SSSR count). The van der Waals surface area contributed by atoms with Gasteiger partial charge in [0.15, 0.2) is 0 Å². The molecule has 0 spiro atoms. The van der Waals surface area contributed by atoms with E-state index >= 15 is 0 Å². The summed E-state index contributed by atoms with van der Waals surface area (Å²) >= 11 is 0. The molecule has 114 valence electrons. The van der Waals surface area contributed by atoms with Crippen LogP contribution in [0.4, 0.5) is 5.69 Å². The SMILES string of the molecule is Cc1cc(S(=O)(=O)NC(CCO)C(C)C)cc(N)c1C. The molecule has 1 unspecified atom stereocenters. The fourth-order valence-corrected chi connectivity index (χ4v) is 3.48. The van der Waals surface area contributed by atoms with Crippen molar-refractivity contribution in [2.75, 3.05) is 12.3 Å². The highest BCUT2D eigenvalue weighted by Gasteiger charge is 2.23. The number of anilines is 1. The van der Waals surface area contributed by atoms with Gasteiger partial charge in [-0.15, -0.1) is 0 Å². The third-order valence-electron chi connectivity index (χ3n) is 3.54. The summed E-state index contributed by atoms with van der Waals surface area (Å²) in [6.07, 6.45) is 0.386. The molecule has 0 aromatic heterocycles. The van der Waals surface area contributed by atoms with Crippen LogP contribution in [0.2, 0.25) is 0 Å². The van der Waals surface area contributed by atoms with Crippen molar-refractivity contribution >= 4 is 15.7 Å². The van der Waals surface area contributed by atoms with E-state index in [4.69, 9.17) is 10.8 Å². The second-order valence-corrected chi connectivity index (χ2v) is 7.15. The predicted octanol–water partition coefficient (Wildman–Crippen LogP) is 1.57. The highest BCUT2D eigenvalue weighted by Crippen LogP contribution is 2.22. The van der Waals surface area contributed by atoms with Crippen molar-refractivity contribution in [2.24, 2.45) is 5.92 Å². The number of hydrogen-bond acceptors (Lipinski definition) is 4. The molecule has 0 aliphatic rings. The van der Waals surface area contributed by atoms with Crippen molar-refractivity contribution in [3.8, 4) is 0 Å². The largest absolute Gasteiger partial charge is 0.398 e. The number of sulfonamides is 1. The lowest BCUT2D eigenvalue weighted by molar-refractivity contribution is 0.256. The molecular formula is C14H24N2O3S. The first-order valence-corrected chi connectivity index (χ1v) is 8.17. The molecule has 0 bridgehead atoms. The van der Waals surface area contributed by atoms with E-state index in [0.29, 0.717) is 12.1 Å². The maximum absolute atomic E-state index is 12.4. The van der Waals surface area contributed by atoms with Crippen molar-refractivity contribution in [1.82, 2.24) is 4.72 Å². The fourth-order valence-electron chi connectivity index (χ4n) is 1.94. The Labute approximate surface area is 121 Å². The first kappa shape index (κ1) is 16.9. The minimum atomic E-state index is -3.63. The number of rotatable bonds is 6. The zero-order chi connectivity index (χ0) is 15.5. The number of aryl methyl sites for hydroxylation is 1. The van der Waals surface area contributed by atoms with Crippen LogP contribution in [0.5, 0.6) is 0 Å². The molecule has 0 heterocycles. The fraction of sp³-hybridized carbons (Fsp3) is 0.571. The lowest BCUT2D eigenvalue weighted by Gasteiger charge is -2.22. The highest BCUT2D eigenvalue weighted by atomic mass is 32.2. The number of aliphatic hydroxyl groups is 1. The van der Waals surface area contributed by atoms with Gasteiger partial charge in [-0.2, -0.15) is 0 Å². The summed E-state index contributed by atoms with van der Waals surface area (Å²) in [5.74, 6) is 0.0980. The highest BCUT2D eigenvalue weighted by molar-refractivity contribution is 7.89. The Hall–Kier alpha value is -1.11. The van der Waals surface area contributed by atoms with Gasteiger partial charge in [-0.3, -0.25) is 0 Å². The third kappa shape index (κ3) is 3.94. The van der Waals surface area contributed by atoms with E-state index in [1.54, 1.807) is 6.07 Å². The summed E-state index contributed by atoms with van der Waals surface area (Å²) in [6, 6.07) is 2.79. The van der Waals surface area contributed by atoms with E-state index in [2.05, 4.69) is 4.72 Å². The molecule has 1 atom stereocenters. The average Bonchev–Trinajstić information content (AvgIpc) is 2.34. The molecule has 0 radical (unpaired) electrons. The molecule has 0 fully saturated rings. The van der Waals surface area contributed by atoms with Gasteiger partial charge in [0, 0.05) is 18.3 Å². The van der Waals surface area contributed by atoms with Gasteiger partial charge in [0.25, 0.3) is 0 Å². The van der Waals surface area contributed by atoms with E-state index in [-0.39, 0.29) is 23.5 Å². The molecule has 20 heavy (non-hydrogen) atoms. The maximum atomic E-state index is 12.4. The summed E-state index contributed by atoms with van der Waals surface area (Å²) in [5, 5.41) is 9.02. The zero-order valence-electron chi connectivity index (χ0n) is 12.5. The minimum absolute atomic E-state index is 0.0551. The first-order chi connectivity index (χ1) is 9.19. The van der Waals surface area contributed by atoms with Gasteiger partial charge >= 0.3 is 0 Å². The maximum Gasteiger partial charge on any atom is 0.240 e. The Morgan fingerprint density at radius 3 is 2.35 bits per heavy atom. The van der Waals surface area contributed by atoms with Gasteiger partial charge in [-0.25, -0.2) is 13.1 Å². The summed E-state index contributed by atoms with van der Waals surface area (Å²) in [4.78, 5) is 0.168. The Morgan fingerprint density at radius 2 is 1.90 bits per heavy atom. The van der Waals surface area contributed by atoms with Crippen LogP contribution in [-0.2, 0) is 10.0 Å². The number of nitrogens with two attached hydrogens (primary N) is 1. The van der Waals surface area contributed by atoms with Crippen molar-refractivity contribution in [2.45, 2.75) is 45.1 Å². The molecule has 0 aliphatic carbocycles.